The highest BCUT2D eigenvalue weighted by molar-refractivity contribution is 6.29. The number of allylic oxidation sites excluding steroid dienone is 1. The van der Waals surface area contributed by atoms with E-state index in [0.717, 1.165) is 12.1 Å². The molecule has 1 aromatic carbocycles. The number of hydrazone groups is 1. The summed E-state index contributed by atoms with van der Waals surface area (Å²) in [5.74, 6) is -2.83. The number of aldehydes is 1. The Kier molecular flexibility index (Phi) is 3.65. The number of carbonyl (C=O) groups is 2. The van der Waals surface area contributed by atoms with Gasteiger partial charge in [-0.2, -0.15) is 5.10 Å². The Morgan fingerprint density at radius 2 is 2.05 bits per heavy atom. The van der Waals surface area contributed by atoms with E-state index in [4.69, 9.17) is 0 Å². The normalized spacial score (nSPS) is 14.0. The molecular weight excluding hydrogens is 256 g/mol. The molecule has 7 heteroatoms. The standard InChI is InChI=1S/C12H9F2N3O2/c13-9-2-1-3-10(14)11(9)12(19)16-7-4-8(6-18)17-15-5-7/h1-3,5-6,15H,4H2,(H,16,19). The number of amides is 1. The lowest BCUT2D eigenvalue weighted by Gasteiger charge is -2.13. The topological polar surface area (TPSA) is 70.6 Å². The average molecular weight is 265 g/mol. The summed E-state index contributed by atoms with van der Waals surface area (Å²) in [6.07, 6.45) is 1.94. The van der Waals surface area contributed by atoms with Crippen LogP contribution in [0.5, 0.6) is 0 Å². The van der Waals surface area contributed by atoms with Crippen molar-refractivity contribution in [3.05, 3.63) is 47.3 Å². The first-order chi connectivity index (χ1) is 9.11. The second-order valence-electron chi connectivity index (χ2n) is 3.75. The van der Waals surface area contributed by atoms with E-state index in [9.17, 15) is 18.4 Å². The first-order valence-electron chi connectivity index (χ1n) is 5.33. The molecule has 19 heavy (non-hydrogen) atoms. The first kappa shape index (κ1) is 12.9. The van der Waals surface area contributed by atoms with Crippen LogP contribution in [0.25, 0.3) is 0 Å². The van der Waals surface area contributed by atoms with Gasteiger partial charge in [0.05, 0.1) is 0 Å². The van der Waals surface area contributed by atoms with Gasteiger partial charge in [0.1, 0.15) is 22.9 Å². The Bertz CT molecular complexity index is 576. The summed E-state index contributed by atoms with van der Waals surface area (Å²) >= 11 is 0. The number of carbonyl (C=O) groups excluding carboxylic acids is 2. The van der Waals surface area contributed by atoms with E-state index >= 15 is 0 Å². The van der Waals surface area contributed by atoms with Crippen molar-refractivity contribution in [2.45, 2.75) is 6.42 Å². The molecule has 1 heterocycles. The van der Waals surface area contributed by atoms with Crippen molar-refractivity contribution < 1.29 is 18.4 Å². The van der Waals surface area contributed by atoms with Gasteiger partial charge in [-0.05, 0) is 12.1 Å². The fraction of sp³-hybridized carbons (Fsp3) is 0.0833. The number of nitrogens with one attached hydrogen (secondary N) is 2. The lowest BCUT2D eigenvalue weighted by atomic mass is 10.1. The summed E-state index contributed by atoms with van der Waals surface area (Å²) in [4.78, 5) is 22.3. The Hall–Kier alpha value is -2.57. The number of halogens is 2. The Morgan fingerprint density at radius 3 is 2.68 bits per heavy atom. The summed E-state index contributed by atoms with van der Waals surface area (Å²) in [5, 5.41) is 5.96. The first-order valence-corrected chi connectivity index (χ1v) is 5.33. The van der Waals surface area contributed by atoms with Gasteiger partial charge in [0.15, 0.2) is 6.29 Å². The molecule has 1 aliphatic rings. The lowest BCUT2D eigenvalue weighted by molar-refractivity contribution is -0.102. The van der Waals surface area contributed by atoms with Gasteiger partial charge in [-0.1, -0.05) is 6.07 Å². The van der Waals surface area contributed by atoms with Gasteiger partial charge in [0.2, 0.25) is 0 Å². The van der Waals surface area contributed by atoms with Crippen LogP contribution in [0.4, 0.5) is 8.78 Å². The molecule has 0 spiro atoms. The van der Waals surface area contributed by atoms with Crippen LogP contribution in [0, 0.1) is 11.6 Å². The largest absolute Gasteiger partial charge is 0.324 e. The molecule has 0 bridgehead atoms. The van der Waals surface area contributed by atoms with Gasteiger partial charge in [0, 0.05) is 18.3 Å². The van der Waals surface area contributed by atoms with E-state index in [0.29, 0.717) is 12.0 Å². The van der Waals surface area contributed by atoms with Crippen molar-refractivity contribution >= 4 is 17.9 Å². The SMILES string of the molecule is O=CC1=NNC=C(NC(=O)c2c(F)cccc2F)C1. The highest BCUT2D eigenvalue weighted by Gasteiger charge is 2.19. The smallest absolute Gasteiger partial charge is 0.261 e. The maximum absolute atomic E-state index is 13.4. The monoisotopic (exact) mass is 265 g/mol. The van der Waals surface area contributed by atoms with Crippen LogP contribution in [-0.2, 0) is 4.79 Å². The van der Waals surface area contributed by atoms with Crippen molar-refractivity contribution in [1.82, 2.24) is 10.7 Å². The van der Waals surface area contributed by atoms with Crippen molar-refractivity contribution in [2.75, 3.05) is 0 Å². The van der Waals surface area contributed by atoms with Gasteiger partial charge in [-0.15, -0.1) is 0 Å². The number of benzene rings is 1. The van der Waals surface area contributed by atoms with Gasteiger partial charge in [0.25, 0.3) is 5.91 Å². The fourth-order valence-electron chi connectivity index (χ4n) is 1.55. The summed E-state index contributed by atoms with van der Waals surface area (Å²) in [6.45, 7) is 0. The third-order valence-corrected chi connectivity index (χ3v) is 2.42. The highest BCUT2D eigenvalue weighted by atomic mass is 19.1. The summed E-state index contributed by atoms with van der Waals surface area (Å²) in [5.41, 5.74) is 2.22. The number of hydrogen-bond donors (Lipinski definition) is 2. The van der Waals surface area contributed by atoms with E-state index in [1.807, 2.05) is 0 Å². The molecule has 2 N–H and O–H groups in total. The summed E-state index contributed by atoms with van der Waals surface area (Å²) in [6, 6.07) is 3.15. The van der Waals surface area contributed by atoms with Crippen molar-refractivity contribution in [3.63, 3.8) is 0 Å². The minimum absolute atomic E-state index is 0.0817. The summed E-state index contributed by atoms with van der Waals surface area (Å²) in [7, 11) is 0. The maximum atomic E-state index is 13.4. The average Bonchev–Trinajstić information content (AvgIpc) is 2.38. The molecule has 0 radical (unpaired) electrons. The van der Waals surface area contributed by atoms with Crippen LogP contribution in [0.2, 0.25) is 0 Å². The van der Waals surface area contributed by atoms with Crippen LogP contribution < -0.4 is 10.7 Å². The molecule has 0 atom stereocenters. The van der Waals surface area contributed by atoms with Crippen LogP contribution in [0.3, 0.4) is 0 Å². The fourth-order valence-corrected chi connectivity index (χ4v) is 1.55. The molecule has 1 amide bonds. The molecule has 0 fully saturated rings. The van der Waals surface area contributed by atoms with Gasteiger partial charge < -0.3 is 5.32 Å². The molecule has 1 aromatic rings. The lowest BCUT2D eigenvalue weighted by Crippen LogP contribution is -2.29. The van der Waals surface area contributed by atoms with Crippen LogP contribution in [-0.4, -0.2) is 17.9 Å². The Morgan fingerprint density at radius 1 is 1.37 bits per heavy atom. The van der Waals surface area contributed by atoms with E-state index in [1.165, 1.54) is 12.3 Å². The van der Waals surface area contributed by atoms with Crippen LogP contribution in [0.1, 0.15) is 16.8 Å². The maximum Gasteiger partial charge on any atom is 0.261 e. The zero-order chi connectivity index (χ0) is 13.8. The van der Waals surface area contributed by atoms with Crippen LogP contribution in [0.15, 0.2) is 35.2 Å². The van der Waals surface area contributed by atoms with Crippen molar-refractivity contribution in [3.8, 4) is 0 Å². The van der Waals surface area contributed by atoms with Crippen molar-refractivity contribution in [2.24, 2.45) is 5.10 Å². The van der Waals surface area contributed by atoms with Gasteiger partial charge >= 0.3 is 0 Å². The molecule has 0 saturated carbocycles. The Labute approximate surface area is 107 Å². The predicted molar refractivity (Wildman–Crippen MR) is 63.2 cm³/mol. The molecule has 0 aliphatic carbocycles. The summed E-state index contributed by atoms with van der Waals surface area (Å²) < 4.78 is 26.8. The second kappa shape index (κ2) is 5.38. The molecule has 0 saturated heterocycles. The van der Waals surface area contributed by atoms with Gasteiger partial charge in [-0.25, -0.2) is 8.78 Å². The molecule has 0 aromatic heterocycles. The Balaban J connectivity index is 2.14. The van der Waals surface area contributed by atoms with E-state index in [1.54, 1.807) is 0 Å². The molecular formula is C12H9F2N3O2. The third-order valence-electron chi connectivity index (χ3n) is 2.42. The third kappa shape index (κ3) is 2.82. The minimum atomic E-state index is -0.953. The second-order valence-corrected chi connectivity index (χ2v) is 3.75. The zero-order valence-corrected chi connectivity index (χ0v) is 9.61. The van der Waals surface area contributed by atoms with Crippen LogP contribution >= 0.6 is 0 Å². The number of nitrogens with zero attached hydrogens (tertiary/aromatic N) is 1. The quantitative estimate of drug-likeness (QED) is 0.803. The van der Waals surface area contributed by atoms with Gasteiger partial charge in [-0.3, -0.25) is 15.0 Å². The van der Waals surface area contributed by atoms with Crippen molar-refractivity contribution in [1.29, 1.82) is 0 Å². The zero-order valence-electron chi connectivity index (χ0n) is 9.61. The highest BCUT2D eigenvalue weighted by Crippen LogP contribution is 2.13. The molecule has 5 nitrogen and oxygen atoms in total. The van der Waals surface area contributed by atoms with E-state index < -0.39 is 23.1 Å². The minimum Gasteiger partial charge on any atom is -0.324 e. The van der Waals surface area contributed by atoms with E-state index in [-0.39, 0.29) is 12.1 Å². The van der Waals surface area contributed by atoms with E-state index in [2.05, 4.69) is 15.8 Å². The molecule has 0 unspecified atom stereocenters. The molecule has 1 aliphatic heterocycles. The predicted octanol–water partition coefficient (Wildman–Crippen LogP) is 1.08. The number of rotatable bonds is 3. The number of hydrogen-bond acceptors (Lipinski definition) is 4. The molecule has 2 rings (SSSR count). The molecule has 98 valence electrons.